The molecule has 0 radical (unpaired) electrons. The second-order valence-corrected chi connectivity index (χ2v) is 9.08. The van der Waals surface area contributed by atoms with E-state index in [4.69, 9.17) is 9.72 Å². The summed E-state index contributed by atoms with van der Waals surface area (Å²) in [5.41, 5.74) is 5.49. The number of methoxy groups -OCH3 is 1. The van der Waals surface area contributed by atoms with Gasteiger partial charge in [-0.15, -0.1) is 11.3 Å². The van der Waals surface area contributed by atoms with Crippen molar-refractivity contribution in [3.05, 3.63) is 80.3 Å². The van der Waals surface area contributed by atoms with Crippen LogP contribution in [-0.4, -0.2) is 37.6 Å². The first-order valence-electron chi connectivity index (χ1n) is 10.6. The molecule has 0 unspecified atom stereocenters. The summed E-state index contributed by atoms with van der Waals surface area (Å²) in [6, 6.07) is 11.8. The molecule has 0 N–H and O–H groups in total. The molecule has 5 aromatic rings. The Morgan fingerprint density at radius 1 is 1.15 bits per heavy atom. The normalized spacial score (nSPS) is 12.7. The fraction of sp³-hybridized carbons (Fsp3) is 0.208. The molecule has 8 nitrogen and oxygen atoms in total. The standard InChI is InChI=1S/C24H20N6O2S/c1-29-21-18(22-23(29)28-20(33-22)9-16-7-4-8-19(27-16)32-2)12-26-30(24(21)31)13-15-6-3-5-14-10-25-11-17(14)15/h3-8,11-12H,9-10,13H2,1-2H3. The molecule has 33 heavy (non-hydrogen) atoms. The molecule has 6 rings (SSSR count). The van der Waals surface area contributed by atoms with E-state index >= 15 is 0 Å². The lowest BCUT2D eigenvalue weighted by Gasteiger charge is -2.09. The molecule has 0 fully saturated rings. The topological polar surface area (TPSA) is 87.2 Å². The summed E-state index contributed by atoms with van der Waals surface area (Å²) < 4.78 is 9.59. The number of aromatic nitrogens is 5. The van der Waals surface area contributed by atoms with Crippen molar-refractivity contribution in [2.75, 3.05) is 7.11 Å². The van der Waals surface area contributed by atoms with E-state index in [-0.39, 0.29) is 5.56 Å². The van der Waals surface area contributed by atoms with Crippen molar-refractivity contribution in [3.8, 4) is 5.88 Å². The van der Waals surface area contributed by atoms with Gasteiger partial charge in [0.05, 0.1) is 36.8 Å². The van der Waals surface area contributed by atoms with E-state index in [2.05, 4.69) is 21.1 Å². The lowest BCUT2D eigenvalue weighted by molar-refractivity contribution is 0.396. The van der Waals surface area contributed by atoms with Crippen LogP contribution >= 0.6 is 11.3 Å². The van der Waals surface area contributed by atoms with Gasteiger partial charge in [-0.2, -0.15) is 5.10 Å². The minimum absolute atomic E-state index is 0.122. The summed E-state index contributed by atoms with van der Waals surface area (Å²) in [4.78, 5) is 27.0. The zero-order chi connectivity index (χ0) is 22.5. The Balaban J connectivity index is 1.39. The maximum atomic E-state index is 13.4. The Hall–Kier alpha value is -3.85. The van der Waals surface area contributed by atoms with E-state index in [0.717, 1.165) is 37.6 Å². The number of thiazole rings is 1. The van der Waals surface area contributed by atoms with E-state index in [1.807, 2.05) is 48.2 Å². The molecule has 0 spiro atoms. The van der Waals surface area contributed by atoms with Gasteiger partial charge in [0.15, 0.2) is 5.65 Å². The van der Waals surface area contributed by atoms with Gasteiger partial charge in [-0.3, -0.25) is 9.79 Å². The predicted molar refractivity (Wildman–Crippen MR) is 129 cm³/mol. The van der Waals surface area contributed by atoms with Crippen LogP contribution in [0.1, 0.15) is 27.4 Å². The minimum Gasteiger partial charge on any atom is -0.481 e. The van der Waals surface area contributed by atoms with E-state index < -0.39 is 0 Å². The lowest BCUT2D eigenvalue weighted by Crippen LogP contribution is -2.25. The third-order valence-electron chi connectivity index (χ3n) is 5.98. The highest BCUT2D eigenvalue weighted by Gasteiger charge is 2.19. The molecule has 1 aliphatic heterocycles. The molecule has 0 bridgehead atoms. The summed E-state index contributed by atoms with van der Waals surface area (Å²) in [5, 5.41) is 6.26. The Kier molecular flexibility index (Phi) is 4.58. The van der Waals surface area contributed by atoms with Crippen molar-refractivity contribution in [3.63, 3.8) is 0 Å². The first kappa shape index (κ1) is 19.8. The van der Waals surface area contributed by atoms with Crippen molar-refractivity contribution in [2.45, 2.75) is 19.5 Å². The first-order chi connectivity index (χ1) is 16.1. The van der Waals surface area contributed by atoms with Gasteiger partial charge in [-0.1, -0.05) is 24.3 Å². The van der Waals surface area contributed by atoms with Gasteiger partial charge < -0.3 is 9.30 Å². The van der Waals surface area contributed by atoms with Gasteiger partial charge >= 0.3 is 0 Å². The summed E-state index contributed by atoms with van der Waals surface area (Å²) in [6.07, 6.45) is 4.26. The summed E-state index contributed by atoms with van der Waals surface area (Å²) in [7, 11) is 3.49. The largest absolute Gasteiger partial charge is 0.481 e. The Morgan fingerprint density at radius 3 is 2.91 bits per heavy atom. The molecule has 0 aliphatic carbocycles. The molecule has 4 aromatic heterocycles. The van der Waals surface area contributed by atoms with Crippen LogP contribution in [-0.2, 0) is 26.6 Å². The molecule has 0 atom stereocenters. The molecular weight excluding hydrogens is 436 g/mol. The zero-order valence-corrected chi connectivity index (χ0v) is 19.0. The quantitative estimate of drug-likeness (QED) is 0.405. The van der Waals surface area contributed by atoms with E-state index in [0.29, 0.717) is 30.9 Å². The van der Waals surface area contributed by atoms with Gasteiger partial charge in [0.2, 0.25) is 5.88 Å². The van der Waals surface area contributed by atoms with E-state index in [1.165, 1.54) is 10.2 Å². The first-order valence-corrected chi connectivity index (χ1v) is 11.4. The number of hydrogen-bond donors (Lipinski definition) is 0. The third-order valence-corrected chi connectivity index (χ3v) is 7.06. The Labute approximate surface area is 192 Å². The maximum absolute atomic E-state index is 13.4. The number of nitrogens with zero attached hydrogens (tertiary/aromatic N) is 6. The number of rotatable bonds is 5. The fourth-order valence-electron chi connectivity index (χ4n) is 4.35. The number of fused-ring (bicyclic) bond motifs is 4. The minimum atomic E-state index is -0.122. The highest BCUT2D eigenvalue weighted by molar-refractivity contribution is 7.19. The van der Waals surface area contributed by atoms with E-state index in [1.54, 1.807) is 24.6 Å². The average molecular weight is 457 g/mol. The van der Waals surface area contributed by atoms with Crippen molar-refractivity contribution >= 4 is 38.8 Å². The number of hydrogen-bond acceptors (Lipinski definition) is 7. The summed E-state index contributed by atoms with van der Waals surface area (Å²) in [5.74, 6) is 0.583. The summed E-state index contributed by atoms with van der Waals surface area (Å²) in [6.45, 7) is 1.10. The van der Waals surface area contributed by atoms with Gasteiger partial charge in [0.25, 0.3) is 5.56 Å². The molecule has 1 aromatic carbocycles. The van der Waals surface area contributed by atoms with Crippen molar-refractivity contribution < 1.29 is 4.74 Å². The monoisotopic (exact) mass is 456 g/mol. The molecule has 164 valence electrons. The number of ether oxygens (including phenoxy) is 1. The molecule has 0 saturated carbocycles. The van der Waals surface area contributed by atoms with Gasteiger partial charge in [0, 0.05) is 36.7 Å². The molecule has 1 aliphatic rings. The van der Waals surface area contributed by atoms with Gasteiger partial charge in [-0.25, -0.2) is 14.6 Å². The zero-order valence-electron chi connectivity index (χ0n) is 18.1. The van der Waals surface area contributed by atoms with Crippen molar-refractivity contribution in [1.29, 1.82) is 0 Å². The molecular formula is C24H20N6O2S. The van der Waals surface area contributed by atoms with Crippen LogP contribution < -0.4 is 10.3 Å². The van der Waals surface area contributed by atoms with Crippen molar-refractivity contribution in [1.82, 2.24) is 24.3 Å². The predicted octanol–water partition coefficient (Wildman–Crippen LogP) is 3.32. The lowest BCUT2D eigenvalue weighted by atomic mass is 10.0. The third kappa shape index (κ3) is 3.23. The van der Waals surface area contributed by atoms with Crippen LogP contribution in [0, 0.1) is 0 Å². The second-order valence-electron chi connectivity index (χ2n) is 8.00. The average Bonchev–Trinajstić information content (AvgIpc) is 3.53. The van der Waals surface area contributed by atoms with Crippen LogP contribution in [0.25, 0.3) is 21.3 Å². The maximum Gasteiger partial charge on any atom is 0.291 e. The van der Waals surface area contributed by atoms with Gasteiger partial charge in [-0.05, 0) is 17.2 Å². The molecule has 9 heteroatoms. The van der Waals surface area contributed by atoms with Crippen LogP contribution in [0.4, 0.5) is 0 Å². The van der Waals surface area contributed by atoms with Crippen LogP contribution in [0.15, 0.2) is 52.4 Å². The summed E-state index contributed by atoms with van der Waals surface area (Å²) >= 11 is 1.57. The van der Waals surface area contributed by atoms with E-state index in [9.17, 15) is 4.79 Å². The fourth-order valence-corrected chi connectivity index (χ4v) is 5.47. The number of aryl methyl sites for hydroxylation is 1. The van der Waals surface area contributed by atoms with Gasteiger partial charge in [0.1, 0.15) is 10.5 Å². The smallest absolute Gasteiger partial charge is 0.291 e. The Bertz CT molecular complexity index is 1630. The number of aliphatic imine (C=N–C) groups is 1. The number of pyridine rings is 1. The van der Waals surface area contributed by atoms with Crippen LogP contribution in [0.2, 0.25) is 0 Å². The number of benzene rings is 1. The molecule has 5 heterocycles. The highest BCUT2D eigenvalue weighted by Crippen LogP contribution is 2.31. The molecule has 0 saturated heterocycles. The van der Waals surface area contributed by atoms with Crippen LogP contribution in [0.5, 0.6) is 5.88 Å². The SMILES string of the molecule is COc1cccc(Cc2nc3c(s2)c2cnn(Cc4cccc5c4C=NC5)c(=O)c2n3C)n1. The second kappa shape index (κ2) is 7.63. The Morgan fingerprint density at radius 2 is 2.03 bits per heavy atom. The molecule has 0 amide bonds. The van der Waals surface area contributed by atoms with Crippen molar-refractivity contribution in [2.24, 2.45) is 12.0 Å². The van der Waals surface area contributed by atoms with Crippen LogP contribution in [0.3, 0.4) is 0 Å². The highest BCUT2D eigenvalue weighted by atomic mass is 32.1.